The van der Waals surface area contributed by atoms with Crippen molar-refractivity contribution in [2.24, 2.45) is 7.05 Å². The van der Waals surface area contributed by atoms with E-state index in [0.29, 0.717) is 16.6 Å². The fraction of sp³-hybridized carbons (Fsp3) is 0.0714. The Morgan fingerprint density at radius 3 is 2.79 bits per heavy atom. The number of nitrogens with one attached hydrogen (secondary N) is 1. The summed E-state index contributed by atoms with van der Waals surface area (Å²) >= 11 is 0. The molecule has 96 valence electrons. The van der Waals surface area contributed by atoms with E-state index in [1.54, 1.807) is 18.3 Å². The highest BCUT2D eigenvalue weighted by molar-refractivity contribution is 5.96. The lowest BCUT2D eigenvalue weighted by atomic mass is 10.1. The predicted octanol–water partition coefficient (Wildman–Crippen LogP) is 3.01. The molecule has 0 fully saturated rings. The van der Waals surface area contributed by atoms with Crippen LogP contribution in [0.25, 0.3) is 22.2 Å². The van der Waals surface area contributed by atoms with Crippen LogP contribution in [0, 0.1) is 5.82 Å². The van der Waals surface area contributed by atoms with Crippen LogP contribution in [0.1, 0.15) is 10.5 Å². The number of hydrogen-bond donors (Lipinski definition) is 2. The SMILES string of the molecule is Cn1cc(-c2ccc(C(=O)O)[nH]2)c2c(F)cccc21. The molecule has 1 aromatic carbocycles. The minimum Gasteiger partial charge on any atom is -0.477 e. The van der Waals surface area contributed by atoms with Crippen LogP contribution in [0.5, 0.6) is 0 Å². The average molecular weight is 258 g/mol. The summed E-state index contributed by atoms with van der Waals surface area (Å²) in [5, 5.41) is 9.40. The van der Waals surface area contributed by atoms with E-state index in [2.05, 4.69) is 4.98 Å². The number of hydrogen-bond acceptors (Lipinski definition) is 1. The molecule has 19 heavy (non-hydrogen) atoms. The highest BCUT2D eigenvalue weighted by Crippen LogP contribution is 2.31. The molecule has 0 radical (unpaired) electrons. The summed E-state index contributed by atoms with van der Waals surface area (Å²) in [5.41, 5.74) is 2.10. The molecule has 2 N–H and O–H groups in total. The molecule has 0 spiro atoms. The molecule has 5 heteroatoms. The van der Waals surface area contributed by atoms with Gasteiger partial charge in [0.2, 0.25) is 0 Å². The highest BCUT2D eigenvalue weighted by Gasteiger charge is 2.15. The number of aryl methyl sites for hydroxylation is 1. The maximum Gasteiger partial charge on any atom is 0.352 e. The van der Waals surface area contributed by atoms with Crippen LogP contribution in [-0.4, -0.2) is 20.6 Å². The van der Waals surface area contributed by atoms with Crippen molar-refractivity contribution in [2.45, 2.75) is 0 Å². The zero-order valence-electron chi connectivity index (χ0n) is 10.1. The van der Waals surface area contributed by atoms with E-state index in [9.17, 15) is 9.18 Å². The zero-order valence-corrected chi connectivity index (χ0v) is 10.1. The molecule has 0 saturated carbocycles. The van der Waals surface area contributed by atoms with Crippen LogP contribution in [-0.2, 0) is 7.05 Å². The van der Waals surface area contributed by atoms with Gasteiger partial charge in [-0.05, 0) is 24.3 Å². The Kier molecular flexibility index (Phi) is 2.41. The van der Waals surface area contributed by atoms with E-state index in [1.165, 1.54) is 12.1 Å². The van der Waals surface area contributed by atoms with Gasteiger partial charge in [0, 0.05) is 29.9 Å². The number of carboxylic acids is 1. The second-order valence-electron chi connectivity index (χ2n) is 4.38. The van der Waals surface area contributed by atoms with E-state index >= 15 is 0 Å². The Balaban J connectivity index is 2.27. The number of fused-ring (bicyclic) bond motifs is 1. The highest BCUT2D eigenvalue weighted by atomic mass is 19.1. The topological polar surface area (TPSA) is 58.0 Å². The molecule has 3 aromatic rings. The van der Waals surface area contributed by atoms with Crippen molar-refractivity contribution in [3.8, 4) is 11.3 Å². The molecule has 0 unspecified atom stereocenters. The lowest BCUT2D eigenvalue weighted by Crippen LogP contribution is -1.95. The van der Waals surface area contributed by atoms with Gasteiger partial charge < -0.3 is 14.7 Å². The fourth-order valence-corrected chi connectivity index (χ4v) is 2.28. The molecular weight excluding hydrogens is 247 g/mol. The Labute approximate surface area is 108 Å². The molecular formula is C14H11FN2O2. The Morgan fingerprint density at radius 2 is 2.11 bits per heavy atom. The third-order valence-electron chi connectivity index (χ3n) is 3.17. The Hall–Kier alpha value is -2.56. The van der Waals surface area contributed by atoms with Gasteiger partial charge >= 0.3 is 5.97 Å². The van der Waals surface area contributed by atoms with Gasteiger partial charge in [-0.25, -0.2) is 9.18 Å². The largest absolute Gasteiger partial charge is 0.477 e. The van der Waals surface area contributed by atoms with Crippen LogP contribution in [0.15, 0.2) is 36.5 Å². The average Bonchev–Trinajstić information content (AvgIpc) is 2.95. The van der Waals surface area contributed by atoms with Crippen LogP contribution in [0.4, 0.5) is 4.39 Å². The first-order valence-electron chi connectivity index (χ1n) is 5.74. The lowest BCUT2D eigenvalue weighted by molar-refractivity contribution is 0.0691. The zero-order chi connectivity index (χ0) is 13.6. The van der Waals surface area contributed by atoms with Crippen molar-refractivity contribution in [3.63, 3.8) is 0 Å². The van der Waals surface area contributed by atoms with E-state index < -0.39 is 5.97 Å². The lowest BCUT2D eigenvalue weighted by Gasteiger charge is -1.98. The first-order chi connectivity index (χ1) is 9.08. The van der Waals surface area contributed by atoms with Gasteiger partial charge in [-0.1, -0.05) is 6.07 Å². The molecule has 2 heterocycles. The third-order valence-corrected chi connectivity index (χ3v) is 3.17. The maximum atomic E-state index is 14.0. The van der Waals surface area contributed by atoms with Crippen molar-refractivity contribution in [2.75, 3.05) is 0 Å². The van der Waals surface area contributed by atoms with Crippen molar-refractivity contribution >= 4 is 16.9 Å². The molecule has 0 atom stereocenters. The Morgan fingerprint density at radius 1 is 1.32 bits per heavy atom. The van der Waals surface area contributed by atoms with Crippen molar-refractivity contribution in [1.29, 1.82) is 0 Å². The number of aromatic amines is 1. The van der Waals surface area contributed by atoms with Gasteiger partial charge in [0.1, 0.15) is 11.5 Å². The standard InChI is InChI=1S/C14H11FN2O2/c1-17-7-8(10-5-6-11(16-10)14(18)19)13-9(15)3-2-4-12(13)17/h2-7,16H,1H3,(H,18,19). The molecule has 0 aliphatic heterocycles. The summed E-state index contributed by atoms with van der Waals surface area (Å²) in [5.74, 6) is -1.36. The van der Waals surface area contributed by atoms with Gasteiger partial charge in [0.05, 0.1) is 5.52 Å². The van der Waals surface area contributed by atoms with Gasteiger partial charge in [0.25, 0.3) is 0 Å². The monoisotopic (exact) mass is 258 g/mol. The number of aromatic carboxylic acids is 1. The summed E-state index contributed by atoms with van der Waals surface area (Å²) in [6.45, 7) is 0. The molecule has 4 nitrogen and oxygen atoms in total. The summed E-state index contributed by atoms with van der Waals surface area (Å²) in [4.78, 5) is 13.7. The third kappa shape index (κ3) is 1.71. The number of rotatable bonds is 2. The number of carboxylic acid groups (broad SMARTS) is 1. The molecule has 0 aliphatic rings. The maximum absolute atomic E-state index is 14.0. The van der Waals surface area contributed by atoms with Crippen LogP contribution < -0.4 is 0 Å². The van der Waals surface area contributed by atoms with Crippen LogP contribution in [0.3, 0.4) is 0 Å². The Bertz CT molecular complexity index is 786. The minimum atomic E-state index is -1.04. The van der Waals surface area contributed by atoms with Gasteiger partial charge in [-0.2, -0.15) is 0 Å². The quantitative estimate of drug-likeness (QED) is 0.742. The second-order valence-corrected chi connectivity index (χ2v) is 4.38. The summed E-state index contributed by atoms with van der Waals surface area (Å²) in [7, 11) is 1.83. The second kappa shape index (κ2) is 3.98. The van der Waals surface area contributed by atoms with Crippen molar-refractivity contribution in [3.05, 3.63) is 48.0 Å². The van der Waals surface area contributed by atoms with Gasteiger partial charge in [-0.15, -0.1) is 0 Å². The predicted molar refractivity (Wildman–Crippen MR) is 69.6 cm³/mol. The van der Waals surface area contributed by atoms with Gasteiger partial charge in [0.15, 0.2) is 0 Å². The van der Waals surface area contributed by atoms with Crippen LogP contribution >= 0.6 is 0 Å². The first kappa shape index (κ1) is 11.5. The molecule has 2 aromatic heterocycles. The van der Waals surface area contributed by atoms with Crippen LogP contribution in [0.2, 0.25) is 0 Å². The van der Waals surface area contributed by atoms with Gasteiger partial charge in [-0.3, -0.25) is 0 Å². The number of halogens is 1. The summed E-state index contributed by atoms with van der Waals surface area (Å²) in [6, 6.07) is 7.98. The van der Waals surface area contributed by atoms with E-state index in [-0.39, 0.29) is 11.5 Å². The fourth-order valence-electron chi connectivity index (χ4n) is 2.28. The number of H-pyrrole nitrogens is 1. The number of benzene rings is 1. The molecule has 3 rings (SSSR count). The summed E-state index contributed by atoms with van der Waals surface area (Å²) in [6.07, 6.45) is 1.78. The molecule has 0 bridgehead atoms. The normalized spacial score (nSPS) is 11.1. The molecule has 0 saturated heterocycles. The first-order valence-corrected chi connectivity index (χ1v) is 5.74. The minimum absolute atomic E-state index is 0.0864. The van der Waals surface area contributed by atoms with Crippen molar-refractivity contribution < 1.29 is 14.3 Å². The van der Waals surface area contributed by atoms with E-state index in [1.807, 2.05) is 17.7 Å². The van der Waals surface area contributed by atoms with Crippen molar-refractivity contribution in [1.82, 2.24) is 9.55 Å². The number of nitrogens with zero attached hydrogens (tertiary/aromatic N) is 1. The van der Waals surface area contributed by atoms with E-state index in [4.69, 9.17) is 5.11 Å². The molecule has 0 amide bonds. The number of carbonyl (C=O) groups is 1. The van der Waals surface area contributed by atoms with E-state index in [0.717, 1.165) is 5.52 Å². The smallest absolute Gasteiger partial charge is 0.352 e. The number of aromatic nitrogens is 2. The molecule has 0 aliphatic carbocycles. The summed E-state index contributed by atoms with van der Waals surface area (Å²) < 4.78 is 15.8.